The van der Waals surface area contributed by atoms with Crippen molar-refractivity contribution >= 4 is 31.3 Å². The summed E-state index contributed by atoms with van der Waals surface area (Å²) in [6.45, 7) is 5.52. The van der Waals surface area contributed by atoms with Crippen LogP contribution in [0.5, 0.6) is 0 Å². The Kier molecular flexibility index (Phi) is 4.55. The van der Waals surface area contributed by atoms with E-state index in [1.54, 1.807) is 6.07 Å². The number of halogens is 2. The van der Waals surface area contributed by atoms with Gasteiger partial charge in [0.2, 0.25) is 0 Å². The van der Waals surface area contributed by atoms with E-state index in [9.17, 15) is 8.42 Å². The molecule has 9 heteroatoms. The molecule has 0 saturated carbocycles. The van der Waals surface area contributed by atoms with Crippen LogP contribution in [0.15, 0.2) is 11.0 Å². The van der Waals surface area contributed by atoms with Crippen LogP contribution in [0.4, 0.5) is 0 Å². The van der Waals surface area contributed by atoms with Crippen LogP contribution < -0.4 is 0 Å². The average molecular weight is 349 g/mol. The van der Waals surface area contributed by atoms with Gasteiger partial charge in [0.05, 0.1) is 5.69 Å². The van der Waals surface area contributed by atoms with Gasteiger partial charge in [-0.2, -0.15) is 9.78 Å². The Balaban J connectivity index is 2.71. The van der Waals surface area contributed by atoms with E-state index in [0.717, 1.165) is 11.4 Å². The minimum atomic E-state index is -3.99. The molecule has 21 heavy (non-hydrogen) atoms. The van der Waals surface area contributed by atoms with Crippen LogP contribution in [0, 0.1) is 13.8 Å². The number of aromatic nitrogens is 4. The van der Waals surface area contributed by atoms with Gasteiger partial charge in [0.25, 0.3) is 15.0 Å². The first-order chi connectivity index (χ1) is 9.74. The van der Waals surface area contributed by atoms with Crippen molar-refractivity contribution < 1.29 is 8.42 Å². The summed E-state index contributed by atoms with van der Waals surface area (Å²) in [5.41, 5.74) is 1.79. The Bertz CT molecular complexity index is 767. The van der Waals surface area contributed by atoms with Crippen molar-refractivity contribution in [2.24, 2.45) is 0 Å². The average Bonchev–Trinajstić information content (AvgIpc) is 2.65. The van der Waals surface area contributed by atoms with Gasteiger partial charge < -0.3 is 0 Å². The molecule has 0 aliphatic rings. The zero-order chi connectivity index (χ0) is 15.8. The van der Waals surface area contributed by atoms with E-state index in [4.69, 9.17) is 22.3 Å². The second kappa shape index (κ2) is 5.90. The van der Waals surface area contributed by atoms with Gasteiger partial charge in [-0.3, -0.25) is 0 Å². The van der Waals surface area contributed by atoms with Gasteiger partial charge >= 0.3 is 0 Å². The Morgan fingerprint density at radius 3 is 2.29 bits per heavy atom. The SMILES string of the molecule is CCCc1nn(-c2nc(C)cc(C)n2)c(Cl)c1S(=O)(=O)Cl. The van der Waals surface area contributed by atoms with Crippen molar-refractivity contribution in [3.05, 3.63) is 28.3 Å². The molecule has 0 spiro atoms. The van der Waals surface area contributed by atoms with Crippen LogP contribution in [-0.4, -0.2) is 28.2 Å². The molecular weight excluding hydrogens is 335 g/mol. The Morgan fingerprint density at radius 2 is 1.81 bits per heavy atom. The third-order valence-electron chi connectivity index (χ3n) is 2.75. The van der Waals surface area contributed by atoms with Crippen LogP contribution in [0.25, 0.3) is 5.95 Å². The molecule has 0 atom stereocenters. The fourth-order valence-electron chi connectivity index (χ4n) is 2.00. The van der Waals surface area contributed by atoms with Crippen LogP contribution in [0.1, 0.15) is 30.4 Å². The maximum Gasteiger partial charge on any atom is 0.266 e. The maximum absolute atomic E-state index is 11.7. The monoisotopic (exact) mass is 348 g/mol. The Morgan fingerprint density at radius 1 is 1.24 bits per heavy atom. The lowest BCUT2D eigenvalue weighted by atomic mass is 10.2. The third-order valence-corrected chi connectivity index (χ3v) is 4.59. The predicted octanol–water partition coefficient (Wildman–Crippen LogP) is 2.81. The van der Waals surface area contributed by atoms with Crippen molar-refractivity contribution in [2.45, 2.75) is 38.5 Å². The molecule has 0 unspecified atom stereocenters. The summed E-state index contributed by atoms with van der Waals surface area (Å²) in [4.78, 5) is 8.29. The highest BCUT2D eigenvalue weighted by Gasteiger charge is 2.27. The molecular formula is C12H14Cl2N4O2S. The van der Waals surface area contributed by atoms with E-state index in [2.05, 4.69) is 15.1 Å². The summed E-state index contributed by atoms with van der Waals surface area (Å²) in [7, 11) is 1.47. The summed E-state index contributed by atoms with van der Waals surface area (Å²) in [6.07, 6.45) is 1.15. The van der Waals surface area contributed by atoms with Crippen molar-refractivity contribution in [3.63, 3.8) is 0 Å². The van der Waals surface area contributed by atoms with Gasteiger partial charge in [-0.1, -0.05) is 24.9 Å². The summed E-state index contributed by atoms with van der Waals surface area (Å²) < 4.78 is 24.6. The number of nitrogens with zero attached hydrogens (tertiary/aromatic N) is 4. The molecule has 0 aliphatic heterocycles. The fourth-order valence-corrected chi connectivity index (χ4v) is 3.85. The summed E-state index contributed by atoms with van der Waals surface area (Å²) in [5.74, 6) is 0.224. The van der Waals surface area contributed by atoms with E-state index in [1.165, 1.54) is 4.68 Å². The lowest BCUT2D eigenvalue weighted by molar-refractivity contribution is 0.608. The molecule has 0 saturated heterocycles. The third kappa shape index (κ3) is 3.36. The molecule has 2 heterocycles. The molecule has 0 aliphatic carbocycles. The lowest BCUT2D eigenvalue weighted by Gasteiger charge is -2.03. The molecule has 0 amide bonds. The first-order valence-electron chi connectivity index (χ1n) is 6.28. The van der Waals surface area contributed by atoms with Gasteiger partial charge in [0, 0.05) is 22.1 Å². The molecule has 2 aromatic rings. The highest BCUT2D eigenvalue weighted by molar-refractivity contribution is 8.13. The molecule has 0 aromatic carbocycles. The summed E-state index contributed by atoms with van der Waals surface area (Å²) in [6, 6.07) is 1.80. The minimum Gasteiger partial charge on any atom is -0.216 e. The fraction of sp³-hybridized carbons (Fsp3) is 0.417. The van der Waals surface area contributed by atoms with Crippen molar-refractivity contribution in [3.8, 4) is 5.95 Å². The number of aryl methyl sites for hydroxylation is 3. The largest absolute Gasteiger partial charge is 0.266 e. The molecule has 2 rings (SSSR count). The van der Waals surface area contributed by atoms with Gasteiger partial charge in [0.1, 0.15) is 4.90 Å². The van der Waals surface area contributed by atoms with Crippen molar-refractivity contribution in [1.82, 2.24) is 19.7 Å². The highest BCUT2D eigenvalue weighted by atomic mass is 35.7. The van der Waals surface area contributed by atoms with E-state index in [-0.39, 0.29) is 16.0 Å². The Hall–Kier alpha value is -1.18. The van der Waals surface area contributed by atoms with Gasteiger partial charge in [-0.25, -0.2) is 18.4 Å². The van der Waals surface area contributed by atoms with Crippen molar-refractivity contribution in [1.29, 1.82) is 0 Å². The van der Waals surface area contributed by atoms with E-state index < -0.39 is 9.05 Å². The smallest absolute Gasteiger partial charge is 0.216 e. The summed E-state index contributed by atoms with van der Waals surface area (Å²) in [5, 5.41) is 4.12. The second-order valence-electron chi connectivity index (χ2n) is 4.62. The number of rotatable bonds is 4. The van der Waals surface area contributed by atoms with Crippen LogP contribution in [-0.2, 0) is 15.5 Å². The normalized spacial score (nSPS) is 11.9. The van der Waals surface area contributed by atoms with Crippen LogP contribution >= 0.6 is 22.3 Å². The number of hydrogen-bond donors (Lipinski definition) is 0. The molecule has 0 fully saturated rings. The maximum atomic E-state index is 11.7. The number of hydrogen-bond acceptors (Lipinski definition) is 5. The molecule has 2 aromatic heterocycles. The van der Waals surface area contributed by atoms with Gasteiger partial charge in [-0.05, 0) is 26.3 Å². The topological polar surface area (TPSA) is 77.7 Å². The standard InChI is InChI=1S/C12H14Cl2N4O2S/c1-4-5-9-10(21(14,19)20)11(13)18(17-9)12-15-7(2)6-8(3)16-12/h6H,4-5H2,1-3H3. The van der Waals surface area contributed by atoms with Gasteiger partial charge in [-0.15, -0.1) is 0 Å². The first kappa shape index (κ1) is 16.2. The second-order valence-corrected chi connectivity index (χ2v) is 7.48. The first-order valence-corrected chi connectivity index (χ1v) is 8.97. The Labute approximate surface area is 132 Å². The molecule has 6 nitrogen and oxygen atoms in total. The quantitative estimate of drug-likeness (QED) is 0.793. The van der Waals surface area contributed by atoms with Crippen molar-refractivity contribution in [2.75, 3.05) is 0 Å². The van der Waals surface area contributed by atoms with E-state index >= 15 is 0 Å². The molecule has 0 bridgehead atoms. The molecule has 0 radical (unpaired) electrons. The highest BCUT2D eigenvalue weighted by Crippen LogP contribution is 2.30. The van der Waals surface area contributed by atoms with E-state index in [1.807, 2.05) is 20.8 Å². The minimum absolute atomic E-state index is 0.0987. The van der Waals surface area contributed by atoms with Crippen LogP contribution in [0.3, 0.4) is 0 Å². The lowest BCUT2D eigenvalue weighted by Crippen LogP contribution is -2.06. The summed E-state index contributed by atoms with van der Waals surface area (Å²) >= 11 is 6.15. The van der Waals surface area contributed by atoms with Gasteiger partial charge in [0.15, 0.2) is 5.15 Å². The molecule has 114 valence electrons. The van der Waals surface area contributed by atoms with E-state index in [0.29, 0.717) is 18.5 Å². The predicted molar refractivity (Wildman–Crippen MR) is 80.7 cm³/mol. The zero-order valence-electron chi connectivity index (χ0n) is 11.8. The molecule has 0 N–H and O–H groups in total. The zero-order valence-corrected chi connectivity index (χ0v) is 14.1. The van der Waals surface area contributed by atoms with Crippen LogP contribution in [0.2, 0.25) is 5.15 Å².